The van der Waals surface area contributed by atoms with E-state index in [1.807, 2.05) is 0 Å². The van der Waals surface area contributed by atoms with Gasteiger partial charge in [0.25, 0.3) is 0 Å². The molecule has 1 aromatic heterocycles. The van der Waals surface area contributed by atoms with E-state index in [4.69, 9.17) is 18.9 Å². The van der Waals surface area contributed by atoms with Crippen molar-refractivity contribution in [2.75, 3.05) is 28.4 Å². The highest BCUT2D eigenvalue weighted by Crippen LogP contribution is 2.44. The van der Waals surface area contributed by atoms with Crippen molar-refractivity contribution >= 4 is 17.0 Å². The van der Waals surface area contributed by atoms with Crippen LogP contribution in [-0.4, -0.2) is 38.3 Å². The Morgan fingerprint density at radius 3 is 2.07 bits per heavy atom. The summed E-state index contributed by atoms with van der Waals surface area (Å²) in [4.78, 5) is 16.1. The Bertz CT molecular complexity index is 992. The Morgan fingerprint density at radius 2 is 1.54 bits per heavy atom. The molecule has 146 valence electrons. The highest BCUT2D eigenvalue weighted by molar-refractivity contribution is 7.13. The molecule has 0 radical (unpaired) electrons. The van der Waals surface area contributed by atoms with Gasteiger partial charge in [0.15, 0.2) is 17.2 Å². The largest absolute Gasteiger partial charge is 0.493 e. The SMILES string of the molecule is COc1ccc(-c2scnc2-c2cc(OC)c(OC)c(OC)c2)cc1[N+](=O)[O-]. The Labute approximate surface area is 165 Å². The van der Waals surface area contributed by atoms with E-state index in [2.05, 4.69) is 4.98 Å². The fourth-order valence-corrected chi connectivity index (χ4v) is 3.66. The van der Waals surface area contributed by atoms with Gasteiger partial charge in [-0.05, 0) is 24.3 Å². The second-order valence-electron chi connectivity index (χ2n) is 5.59. The predicted molar refractivity (Wildman–Crippen MR) is 106 cm³/mol. The van der Waals surface area contributed by atoms with E-state index in [1.54, 1.807) is 29.8 Å². The molecular formula is C19H18N2O6S. The van der Waals surface area contributed by atoms with E-state index in [-0.39, 0.29) is 11.4 Å². The fraction of sp³-hybridized carbons (Fsp3) is 0.211. The number of thiazole rings is 1. The van der Waals surface area contributed by atoms with E-state index in [9.17, 15) is 10.1 Å². The summed E-state index contributed by atoms with van der Waals surface area (Å²) in [7, 11) is 6.01. The number of hydrogen-bond donors (Lipinski definition) is 0. The maximum Gasteiger partial charge on any atom is 0.311 e. The minimum Gasteiger partial charge on any atom is -0.493 e. The quantitative estimate of drug-likeness (QED) is 0.426. The molecule has 0 aliphatic rings. The van der Waals surface area contributed by atoms with Crippen LogP contribution >= 0.6 is 11.3 Å². The summed E-state index contributed by atoms with van der Waals surface area (Å²) in [5, 5.41) is 11.4. The molecule has 28 heavy (non-hydrogen) atoms. The number of aromatic nitrogens is 1. The molecule has 0 N–H and O–H groups in total. The molecule has 0 spiro atoms. The molecule has 0 aliphatic heterocycles. The van der Waals surface area contributed by atoms with E-state index in [0.717, 1.165) is 10.4 Å². The number of benzene rings is 2. The highest BCUT2D eigenvalue weighted by atomic mass is 32.1. The summed E-state index contributed by atoms with van der Waals surface area (Å²) in [6, 6.07) is 8.40. The lowest BCUT2D eigenvalue weighted by Crippen LogP contribution is -1.96. The van der Waals surface area contributed by atoms with Gasteiger partial charge in [-0.15, -0.1) is 11.3 Å². The van der Waals surface area contributed by atoms with Crippen LogP contribution in [-0.2, 0) is 0 Å². The number of hydrogen-bond acceptors (Lipinski definition) is 8. The maximum absolute atomic E-state index is 11.4. The van der Waals surface area contributed by atoms with E-state index in [0.29, 0.717) is 28.5 Å². The van der Waals surface area contributed by atoms with Gasteiger partial charge in [-0.2, -0.15) is 0 Å². The van der Waals surface area contributed by atoms with Gasteiger partial charge >= 0.3 is 5.69 Å². The van der Waals surface area contributed by atoms with Crippen LogP contribution in [0.3, 0.4) is 0 Å². The molecule has 9 heteroatoms. The monoisotopic (exact) mass is 402 g/mol. The minimum absolute atomic E-state index is 0.107. The van der Waals surface area contributed by atoms with Crippen LogP contribution in [0.15, 0.2) is 35.8 Å². The van der Waals surface area contributed by atoms with Gasteiger partial charge in [-0.1, -0.05) is 0 Å². The topological polar surface area (TPSA) is 93.0 Å². The van der Waals surface area contributed by atoms with Gasteiger partial charge in [0.05, 0.1) is 49.4 Å². The van der Waals surface area contributed by atoms with Crippen LogP contribution in [0.2, 0.25) is 0 Å². The van der Waals surface area contributed by atoms with E-state index in [1.165, 1.54) is 45.8 Å². The van der Waals surface area contributed by atoms with Crippen molar-refractivity contribution in [2.45, 2.75) is 0 Å². The van der Waals surface area contributed by atoms with Crippen molar-refractivity contribution in [3.8, 4) is 44.7 Å². The Balaban J connectivity index is 2.16. The van der Waals surface area contributed by atoms with Crippen LogP contribution in [0.25, 0.3) is 21.7 Å². The summed E-state index contributed by atoms with van der Waals surface area (Å²) in [6.45, 7) is 0. The predicted octanol–water partition coefficient (Wildman–Crippen LogP) is 4.42. The van der Waals surface area contributed by atoms with Crippen LogP contribution < -0.4 is 18.9 Å². The Kier molecular flexibility index (Phi) is 5.65. The fourth-order valence-electron chi connectivity index (χ4n) is 2.85. The zero-order valence-corrected chi connectivity index (χ0v) is 16.5. The molecule has 1 heterocycles. The molecule has 0 fully saturated rings. The highest BCUT2D eigenvalue weighted by Gasteiger charge is 2.21. The molecule has 0 bridgehead atoms. The second-order valence-corrected chi connectivity index (χ2v) is 6.44. The van der Waals surface area contributed by atoms with E-state index < -0.39 is 4.92 Å². The summed E-state index contributed by atoms with van der Waals surface area (Å²) in [5.41, 5.74) is 3.64. The molecule has 3 aromatic rings. The van der Waals surface area contributed by atoms with E-state index >= 15 is 0 Å². The second kappa shape index (κ2) is 8.13. The third kappa shape index (κ3) is 3.44. The average Bonchev–Trinajstić information content (AvgIpc) is 3.21. The number of nitro benzene ring substituents is 1. The number of methoxy groups -OCH3 is 4. The first-order valence-corrected chi connectivity index (χ1v) is 8.98. The molecule has 2 aromatic carbocycles. The Morgan fingerprint density at radius 1 is 0.893 bits per heavy atom. The van der Waals surface area contributed by atoms with Crippen molar-refractivity contribution in [3.63, 3.8) is 0 Å². The smallest absolute Gasteiger partial charge is 0.311 e. The number of ether oxygens (including phenoxy) is 4. The lowest BCUT2D eigenvalue weighted by Gasteiger charge is -2.14. The summed E-state index contributed by atoms with van der Waals surface area (Å²) in [6.07, 6.45) is 0. The lowest BCUT2D eigenvalue weighted by atomic mass is 10.0. The van der Waals surface area contributed by atoms with Crippen LogP contribution in [0.4, 0.5) is 5.69 Å². The molecule has 0 unspecified atom stereocenters. The van der Waals surface area contributed by atoms with Crippen molar-refractivity contribution in [1.82, 2.24) is 4.98 Å². The maximum atomic E-state index is 11.4. The van der Waals surface area contributed by atoms with Crippen molar-refractivity contribution in [1.29, 1.82) is 0 Å². The summed E-state index contributed by atoms with van der Waals surface area (Å²) >= 11 is 1.38. The molecule has 0 atom stereocenters. The normalized spacial score (nSPS) is 10.4. The van der Waals surface area contributed by atoms with Gasteiger partial charge < -0.3 is 18.9 Å². The van der Waals surface area contributed by atoms with Gasteiger partial charge in [-0.3, -0.25) is 10.1 Å². The van der Waals surface area contributed by atoms with Crippen molar-refractivity contribution in [3.05, 3.63) is 46.0 Å². The third-order valence-corrected chi connectivity index (χ3v) is 5.02. The van der Waals surface area contributed by atoms with Crippen LogP contribution in [0.5, 0.6) is 23.0 Å². The molecular weight excluding hydrogens is 384 g/mol. The molecule has 0 saturated carbocycles. The first-order chi connectivity index (χ1) is 13.5. The van der Waals surface area contributed by atoms with Crippen molar-refractivity contribution in [2.24, 2.45) is 0 Å². The number of rotatable bonds is 7. The standard InChI is InChI=1S/C19H18N2O6S/c1-24-14-6-5-11(7-13(14)21(22)23)19-17(20-10-28-19)12-8-15(25-2)18(27-4)16(9-12)26-3/h5-10H,1-4H3. The first kappa shape index (κ1) is 19.4. The number of nitrogens with zero attached hydrogens (tertiary/aromatic N) is 2. The number of nitro groups is 1. The summed E-state index contributed by atoms with van der Waals surface area (Å²) < 4.78 is 21.3. The van der Waals surface area contributed by atoms with Crippen LogP contribution in [0.1, 0.15) is 0 Å². The molecule has 0 aliphatic carbocycles. The lowest BCUT2D eigenvalue weighted by molar-refractivity contribution is -0.385. The molecule has 3 rings (SSSR count). The van der Waals surface area contributed by atoms with Gasteiger partial charge in [0.1, 0.15) is 0 Å². The van der Waals surface area contributed by atoms with Gasteiger partial charge in [0.2, 0.25) is 5.75 Å². The Hall–Kier alpha value is -3.33. The third-order valence-electron chi connectivity index (χ3n) is 4.14. The molecule has 8 nitrogen and oxygen atoms in total. The molecule has 0 saturated heterocycles. The zero-order valence-electron chi connectivity index (χ0n) is 15.7. The molecule has 0 amide bonds. The van der Waals surface area contributed by atoms with Crippen molar-refractivity contribution < 1.29 is 23.9 Å². The summed E-state index contributed by atoms with van der Waals surface area (Å²) in [5.74, 6) is 1.67. The average molecular weight is 402 g/mol. The van der Waals surface area contributed by atoms with Crippen LogP contribution in [0, 0.1) is 10.1 Å². The van der Waals surface area contributed by atoms with Gasteiger partial charge in [-0.25, -0.2) is 4.98 Å². The first-order valence-electron chi connectivity index (χ1n) is 8.10. The minimum atomic E-state index is -0.470. The van der Waals surface area contributed by atoms with Gasteiger partial charge in [0, 0.05) is 17.2 Å². The zero-order chi connectivity index (χ0) is 20.3.